The normalized spacial score (nSPS) is 23.1. The SMILES string of the molecule is O=C(CCn1cnc2ccccc2c1=O)NCC1(N2CCOCC2)CCSC1. The van der Waals surface area contributed by atoms with Crippen molar-refractivity contribution in [1.82, 2.24) is 19.8 Å². The van der Waals surface area contributed by atoms with Crippen molar-refractivity contribution < 1.29 is 9.53 Å². The van der Waals surface area contributed by atoms with Crippen molar-refractivity contribution in [1.29, 1.82) is 0 Å². The highest BCUT2D eigenvalue weighted by molar-refractivity contribution is 7.99. The minimum absolute atomic E-state index is 0.0235. The molecule has 150 valence electrons. The second-order valence-electron chi connectivity index (χ2n) is 7.41. The number of nitrogens with zero attached hydrogens (tertiary/aromatic N) is 3. The van der Waals surface area contributed by atoms with Crippen LogP contribution in [-0.2, 0) is 16.1 Å². The van der Waals surface area contributed by atoms with Crippen molar-refractivity contribution in [3.63, 3.8) is 0 Å². The molecule has 28 heavy (non-hydrogen) atoms. The number of aryl methyl sites for hydroxylation is 1. The number of aromatic nitrogens is 2. The number of fused-ring (bicyclic) bond motifs is 1. The molecule has 2 aromatic rings. The Labute approximate surface area is 168 Å². The molecule has 1 amide bonds. The van der Waals surface area contributed by atoms with Crippen LogP contribution in [0.1, 0.15) is 12.8 Å². The minimum atomic E-state index is -0.102. The first kappa shape index (κ1) is 19.4. The molecule has 0 bridgehead atoms. The molecule has 2 aliphatic heterocycles. The summed E-state index contributed by atoms with van der Waals surface area (Å²) in [7, 11) is 0. The molecule has 1 aromatic heterocycles. The summed E-state index contributed by atoms with van der Waals surface area (Å²) in [5.41, 5.74) is 0.612. The summed E-state index contributed by atoms with van der Waals surface area (Å²) in [6.07, 6.45) is 2.89. The first-order chi connectivity index (χ1) is 13.7. The summed E-state index contributed by atoms with van der Waals surface area (Å²) in [6.45, 7) is 4.37. The quantitative estimate of drug-likeness (QED) is 0.780. The Morgan fingerprint density at radius 2 is 2.11 bits per heavy atom. The second-order valence-corrected chi connectivity index (χ2v) is 8.52. The van der Waals surface area contributed by atoms with Gasteiger partial charge in [0.15, 0.2) is 0 Å². The Morgan fingerprint density at radius 1 is 1.29 bits per heavy atom. The van der Waals surface area contributed by atoms with E-state index in [1.807, 2.05) is 30.0 Å². The summed E-state index contributed by atoms with van der Waals surface area (Å²) >= 11 is 1.95. The van der Waals surface area contributed by atoms with Gasteiger partial charge in [0.05, 0.1) is 30.4 Å². The number of carbonyl (C=O) groups is 1. The predicted molar refractivity (Wildman–Crippen MR) is 111 cm³/mol. The summed E-state index contributed by atoms with van der Waals surface area (Å²) in [5, 5.41) is 3.70. The number of para-hydroxylation sites is 1. The number of amides is 1. The number of thioether (sulfide) groups is 1. The van der Waals surface area contributed by atoms with Crippen LogP contribution in [0.4, 0.5) is 0 Å². The highest BCUT2D eigenvalue weighted by Gasteiger charge is 2.40. The summed E-state index contributed by atoms with van der Waals surface area (Å²) < 4.78 is 7.00. The Morgan fingerprint density at radius 3 is 2.89 bits per heavy atom. The molecule has 2 fully saturated rings. The molecule has 1 N–H and O–H groups in total. The molecule has 1 unspecified atom stereocenters. The number of nitrogens with one attached hydrogen (secondary N) is 1. The zero-order valence-electron chi connectivity index (χ0n) is 15.9. The van der Waals surface area contributed by atoms with E-state index < -0.39 is 0 Å². The van der Waals surface area contributed by atoms with Gasteiger partial charge in [-0.1, -0.05) is 12.1 Å². The Bertz CT molecular complexity index is 888. The number of rotatable bonds is 6. The average Bonchev–Trinajstić information content (AvgIpc) is 3.23. The average molecular weight is 403 g/mol. The molecule has 2 aliphatic rings. The summed E-state index contributed by atoms with van der Waals surface area (Å²) in [5.74, 6) is 2.15. The van der Waals surface area contributed by atoms with Gasteiger partial charge in [0, 0.05) is 43.9 Å². The number of benzene rings is 1. The van der Waals surface area contributed by atoms with Gasteiger partial charge in [-0.15, -0.1) is 0 Å². The maximum atomic E-state index is 12.5. The largest absolute Gasteiger partial charge is 0.379 e. The molecule has 2 saturated heterocycles. The van der Waals surface area contributed by atoms with Gasteiger partial charge in [0.25, 0.3) is 5.56 Å². The number of hydrogen-bond donors (Lipinski definition) is 1. The smallest absolute Gasteiger partial charge is 0.261 e. The molecule has 4 rings (SSSR count). The van der Waals surface area contributed by atoms with E-state index in [9.17, 15) is 9.59 Å². The first-order valence-corrected chi connectivity index (χ1v) is 10.9. The monoisotopic (exact) mass is 402 g/mol. The third-order valence-corrected chi connectivity index (χ3v) is 6.92. The van der Waals surface area contributed by atoms with Gasteiger partial charge in [-0.2, -0.15) is 11.8 Å². The lowest BCUT2D eigenvalue weighted by atomic mass is 9.95. The van der Waals surface area contributed by atoms with E-state index in [-0.39, 0.29) is 23.4 Å². The minimum Gasteiger partial charge on any atom is -0.379 e. The maximum Gasteiger partial charge on any atom is 0.261 e. The molecule has 0 spiro atoms. The molecule has 0 saturated carbocycles. The van der Waals surface area contributed by atoms with Crippen molar-refractivity contribution in [3.05, 3.63) is 40.9 Å². The van der Waals surface area contributed by atoms with Crippen LogP contribution in [0.5, 0.6) is 0 Å². The standard InChI is InChI=1S/C20H26N4O3S/c25-18(5-7-23-15-22-17-4-2-1-3-16(17)19(23)26)21-13-20(6-12-28-14-20)24-8-10-27-11-9-24/h1-4,15H,5-14H2,(H,21,25). The van der Waals surface area contributed by atoms with Crippen molar-refractivity contribution in [3.8, 4) is 0 Å². The third-order valence-electron chi connectivity index (χ3n) is 5.69. The van der Waals surface area contributed by atoms with E-state index in [0.717, 1.165) is 44.2 Å². The topological polar surface area (TPSA) is 76.5 Å². The van der Waals surface area contributed by atoms with Gasteiger partial charge >= 0.3 is 0 Å². The molecule has 0 radical (unpaired) electrons. The van der Waals surface area contributed by atoms with Gasteiger partial charge in [-0.25, -0.2) is 4.98 Å². The zero-order valence-corrected chi connectivity index (χ0v) is 16.7. The highest BCUT2D eigenvalue weighted by Crippen LogP contribution is 2.33. The van der Waals surface area contributed by atoms with E-state index in [1.165, 1.54) is 10.9 Å². The fourth-order valence-electron chi connectivity index (χ4n) is 3.97. The van der Waals surface area contributed by atoms with Gasteiger partial charge in [0.2, 0.25) is 5.91 Å². The van der Waals surface area contributed by atoms with E-state index in [0.29, 0.717) is 24.0 Å². The summed E-state index contributed by atoms with van der Waals surface area (Å²) in [6, 6.07) is 7.27. The lowest BCUT2D eigenvalue weighted by molar-refractivity contribution is -0.122. The molecule has 0 aliphatic carbocycles. The van der Waals surface area contributed by atoms with Crippen LogP contribution in [0.2, 0.25) is 0 Å². The van der Waals surface area contributed by atoms with E-state index in [4.69, 9.17) is 4.74 Å². The second kappa shape index (κ2) is 8.63. The Balaban J connectivity index is 1.35. The van der Waals surface area contributed by atoms with Crippen LogP contribution in [0, 0.1) is 0 Å². The van der Waals surface area contributed by atoms with Crippen LogP contribution in [0.15, 0.2) is 35.4 Å². The van der Waals surface area contributed by atoms with Gasteiger partial charge in [-0.05, 0) is 24.3 Å². The molecule has 7 nitrogen and oxygen atoms in total. The zero-order chi connectivity index (χ0) is 19.4. The number of carbonyl (C=O) groups excluding carboxylic acids is 1. The van der Waals surface area contributed by atoms with Gasteiger partial charge in [0.1, 0.15) is 0 Å². The van der Waals surface area contributed by atoms with E-state index in [2.05, 4.69) is 15.2 Å². The number of hydrogen-bond acceptors (Lipinski definition) is 6. The fraction of sp³-hybridized carbons (Fsp3) is 0.550. The lowest BCUT2D eigenvalue weighted by Gasteiger charge is -2.43. The van der Waals surface area contributed by atoms with Crippen LogP contribution < -0.4 is 10.9 Å². The molecular formula is C20H26N4O3S. The van der Waals surface area contributed by atoms with Crippen molar-refractivity contribution in [2.45, 2.75) is 24.9 Å². The molecule has 3 heterocycles. The Hall–Kier alpha value is -1.90. The van der Waals surface area contributed by atoms with Crippen LogP contribution in [-0.4, -0.2) is 70.3 Å². The van der Waals surface area contributed by atoms with Crippen LogP contribution >= 0.6 is 11.8 Å². The summed E-state index contributed by atoms with van der Waals surface area (Å²) in [4.78, 5) is 31.8. The van der Waals surface area contributed by atoms with E-state index in [1.54, 1.807) is 6.07 Å². The molecule has 1 atom stereocenters. The van der Waals surface area contributed by atoms with Crippen LogP contribution in [0.25, 0.3) is 10.9 Å². The van der Waals surface area contributed by atoms with Gasteiger partial charge < -0.3 is 10.1 Å². The molecule has 8 heteroatoms. The Kier molecular flexibility index (Phi) is 5.99. The first-order valence-electron chi connectivity index (χ1n) is 9.79. The van der Waals surface area contributed by atoms with E-state index >= 15 is 0 Å². The highest BCUT2D eigenvalue weighted by atomic mass is 32.2. The maximum absolute atomic E-state index is 12.5. The fourth-order valence-corrected chi connectivity index (χ4v) is 5.45. The predicted octanol–water partition coefficient (Wildman–Crippen LogP) is 1.11. The number of ether oxygens (including phenoxy) is 1. The van der Waals surface area contributed by atoms with Crippen molar-refractivity contribution >= 4 is 28.6 Å². The van der Waals surface area contributed by atoms with Crippen LogP contribution in [0.3, 0.4) is 0 Å². The lowest BCUT2D eigenvalue weighted by Crippen LogP contribution is -2.59. The van der Waals surface area contributed by atoms with Crippen molar-refractivity contribution in [2.24, 2.45) is 0 Å². The molecule has 1 aromatic carbocycles. The van der Waals surface area contributed by atoms with Gasteiger partial charge in [-0.3, -0.25) is 19.1 Å². The van der Waals surface area contributed by atoms with Crippen molar-refractivity contribution in [2.75, 3.05) is 44.4 Å². The molecular weight excluding hydrogens is 376 g/mol. The number of morpholine rings is 1. The third kappa shape index (κ3) is 4.09.